The molecule has 1 aromatic carbocycles. The lowest BCUT2D eigenvalue weighted by atomic mass is 9.72. The Bertz CT molecular complexity index is 482. The summed E-state index contributed by atoms with van der Waals surface area (Å²) < 4.78 is 28.0. The standard InChI is InChI=1S/C17H24ClF2N/c1-4-21-17(12-6-10(2)5-11(3)7-12)13-8-16(20)14(18)9-15(13)19/h8-12,17,21H,4-7H2,1-3H3. The van der Waals surface area contributed by atoms with E-state index < -0.39 is 11.6 Å². The Labute approximate surface area is 131 Å². The van der Waals surface area contributed by atoms with Crippen LogP contribution in [0.4, 0.5) is 8.78 Å². The maximum absolute atomic E-state index is 14.3. The van der Waals surface area contributed by atoms with Crippen molar-refractivity contribution in [1.29, 1.82) is 0 Å². The predicted octanol–water partition coefficient (Wildman–Crippen LogP) is 5.34. The van der Waals surface area contributed by atoms with Gasteiger partial charge in [-0.3, -0.25) is 0 Å². The van der Waals surface area contributed by atoms with Gasteiger partial charge in [0.15, 0.2) is 0 Å². The van der Waals surface area contributed by atoms with E-state index >= 15 is 0 Å². The van der Waals surface area contributed by atoms with Crippen LogP contribution in [-0.2, 0) is 0 Å². The molecule has 3 atom stereocenters. The van der Waals surface area contributed by atoms with Crippen LogP contribution >= 0.6 is 11.6 Å². The fourth-order valence-electron chi connectivity index (χ4n) is 3.81. The minimum absolute atomic E-state index is 0.146. The Kier molecular flexibility index (Phi) is 5.61. The Morgan fingerprint density at radius 2 is 1.76 bits per heavy atom. The van der Waals surface area contributed by atoms with Crippen LogP contribution in [0, 0.1) is 29.4 Å². The molecule has 1 aliphatic rings. The van der Waals surface area contributed by atoms with Crippen LogP contribution in [0.5, 0.6) is 0 Å². The van der Waals surface area contributed by atoms with Crippen molar-refractivity contribution in [3.8, 4) is 0 Å². The lowest BCUT2D eigenvalue weighted by molar-refractivity contribution is 0.175. The van der Waals surface area contributed by atoms with E-state index in [9.17, 15) is 8.78 Å². The molecule has 0 aromatic heterocycles. The van der Waals surface area contributed by atoms with E-state index in [-0.39, 0.29) is 11.1 Å². The second kappa shape index (κ2) is 7.06. The van der Waals surface area contributed by atoms with Crippen molar-refractivity contribution in [3.63, 3.8) is 0 Å². The third-order valence-electron chi connectivity index (χ3n) is 4.49. The van der Waals surface area contributed by atoms with E-state index in [1.165, 1.54) is 12.5 Å². The summed E-state index contributed by atoms with van der Waals surface area (Å²) in [5, 5.41) is 3.19. The Morgan fingerprint density at radius 3 is 2.33 bits per heavy atom. The zero-order valence-electron chi connectivity index (χ0n) is 12.9. The van der Waals surface area contributed by atoms with Crippen molar-refractivity contribution < 1.29 is 8.78 Å². The van der Waals surface area contributed by atoms with Crippen LogP contribution in [0.25, 0.3) is 0 Å². The summed E-state index contributed by atoms with van der Waals surface area (Å²) in [5.41, 5.74) is 0.407. The summed E-state index contributed by atoms with van der Waals surface area (Å²) in [5.74, 6) is 0.616. The van der Waals surface area contributed by atoms with Crippen LogP contribution in [-0.4, -0.2) is 6.54 Å². The van der Waals surface area contributed by atoms with Gasteiger partial charge < -0.3 is 5.32 Å². The topological polar surface area (TPSA) is 12.0 Å². The second-order valence-electron chi connectivity index (χ2n) is 6.50. The maximum Gasteiger partial charge on any atom is 0.142 e. The average Bonchev–Trinajstić information content (AvgIpc) is 2.39. The highest BCUT2D eigenvalue weighted by atomic mass is 35.5. The maximum atomic E-state index is 14.3. The number of nitrogens with one attached hydrogen (secondary N) is 1. The average molecular weight is 316 g/mol. The molecule has 1 fully saturated rings. The molecular formula is C17H24ClF2N. The lowest BCUT2D eigenvalue weighted by Crippen LogP contribution is -2.34. The van der Waals surface area contributed by atoms with Crippen LogP contribution < -0.4 is 5.32 Å². The molecule has 118 valence electrons. The Hall–Kier alpha value is -0.670. The van der Waals surface area contributed by atoms with Gasteiger partial charge in [-0.2, -0.15) is 0 Å². The second-order valence-corrected chi connectivity index (χ2v) is 6.91. The molecule has 3 unspecified atom stereocenters. The molecule has 2 rings (SSSR count). The van der Waals surface area contributed by atoms with Crippen molar-refractivity contribution in [2.45, 2.75) is 46.1 Å². The largest absolute Gasteiger partial charge is 0.310 e. The molecule has 21 heavy (non-hydrogen) atoms. The molecule has 1 saturated carbocycles. The van der Waals surface area contributed by atoms with Gasteiger partial charge in [0.1, 0.15) is 11.6 Å². The van der Waals surface area contributed by atoms with E-state index in [4.69, 9.17) is 11.6 Å². The third kappa shape index (κ3) is 3.95. The van der Waals surface area contributed by atoms with Gasteiger partial charge in [0.25, 0.3) is 0 Å². The van der Waals surface area contributed by atoms with Gasteiger partial charge in [0, 0.05) is 11.6 Å². The van der Waals surface area contributed by atoms with Crippen LogP contribution in [0.1, 0.15) is 51.6 Å². The van der Waals surface area contributed by atoms with Crippen molar-refractivity contribution in [3.05, 3.63) is 34.4 Å². The number of rotatable bonds is 4. The van der Waals surface area contributed by atoms with Crippen molar-refractivity contribution in [1.82, 2.24) is 5.32 Å². The molecule has 0 radical (unpaired) electrons. The summed E-state index contributed by atoms with van der Waals surface area (Å²) in [6.07, 6.45) is 3.31. The molecule has 0 saturated heterocycles. The molecule has 0 spiro atoms. The zero-order valence-corrected chi connectivity index (χ0v) is 13.7. The molecular weight excluding hydrogens is 292 g/mol. The summed E-state index contributed by atoms with van der Waals surface area (Å²) in [4.78, 5) is 0. The quantitative estimate of drug-likeness (QED) is 0.739. The summed E-state index contributed by atoms with van der Waals surface area (Å²) in [6, 6.07) is 2.20. The van der Waals surface area contributed by atoms with E-state index in [2.05, 4.69) is 19.2 Å². The molecule has 1 nitrogen and oxygen atoms in total. The highest BCUT2D eigenvalue weighted by Gasteiger charge is 2.32. The number of hydrogen-bond acceptors (Lipinski definition) is 1. The summed E-state index contributed by atoms with van der Waals surface area (Å²) in [6.45, 7) is 7.20. The van der Waals surface area contributed by atoms with Crippen molar-refractivity contribution in [2.75, 3.05) is 6.54 Å². The Balaban J connectivity index is 2.32. The highest BCUT2D eigenvalue weighted by Crippen LogP contribution is 2.41. The molecule has 0 amide bonds. The van der Waals surface area contributed by atoms with Gasteiger partial charge >= 0.3 is 0 Å². The zero-order chi connectivity index (χ0) is 15.6. The first-order valence-electron chi connectivity index (χ1n) is 7.80. The summed E-state index contributed by atoms with van der Waals surface area (Å²) in [7, 11) is 0. The highest BCUT2D eigenvalue weighted by molar-refractivity contribution is 6.30. The summed E-state index contributed by atoms with van der Waals surface area (Å²) >= 11 is 5.66. The van der Waals surface area contributed by atoms with Crippen LogP contribution in [0.2, 0.25) is 5.02 Å². The molecule has 0 bridgehead atoms. The first-order valence-corrected chi connectivity index (χ1v) is 8.18. The SMILES string of the molecule is CCNC(c1cc(F)c(Cl)cc1F)C1CC(C)CC(C)C1. The minimum atomic E-state index is -0.548. The van der Waals surface area contributed by atoms with Crippen molar-refractivity contribution in [2.24, 2.45) is 17.8 Å². The number of halogens is 3. The smallest absolute Gasteiger partial charge is 0.142 e. The Morgan fingerprint density at radius 1 is 1.14 bits per heavy atom. The molecule has 1 N–H and O–H groups in total. The van der Waals surface area contributed by atoms with Crippen LogP contribution in [0.3, 0.4) is 0 Å². The first-order chi connectivity index (χ1) is 9.92. The first kappa shape index (κ1) is 16.7. The fourth-order valence-corrected chi connectivity index (χ4v) is 3.96. The van der Waals surface area contributed by atoms with Gasteiger partial charge in [-0.1, -0.05) is 32.4 Å². The van der Waals surface area contributed by atoms with Gasteiger partial charge in [-0.15, -0.1) is 0 Å². The van der Waals surface area contributed by atoms with Crippen LogP contribution in [0.15, 0.2) is 12.1 Å². The molecule has 4 heteroatoms. The minimum Gasteiger partial charge on any atom is -0.310 e. The fraction of sp³-hybridized carbons (Fsp3) is 0.647. The van der Waals surface area contributed by atoms with Crippen molar-refractivity contribution >= 4 is 11.6 Å². The van der Waals surface area contributed by atoms with Gasteiger partial charge in [0.2, 0.25) is 0 Å². The van der Waals surface area contributed by atoms with Gasteiger partial charge in [-0.05, 0) is 55.7 Å². The number of benzene rings is 1. The normalized spacial score (nSPS) is 27.6. The molecule has 0 heterocycles. The number of hydrogen-bond donors (Lipinski definition) is 1. The van der Waals surface area contributed by atoms with Gasteiger partial charge in [-0.25, -0.2) is 8.78 Å². The monoisotopic (exact) mass is 315 g/mol. The van der Waals surface area contributed by atoms with Gasteiger partial charge in [0.05, 0.1) is 5.02 Å². The predicted molar refractivity (Wildman–Crippen MR) is 83.5 cm³/mol. The van der Waals surface area contributed by atoms with E-state index in [1.54, 1.807) is 0 Å². The molecule has 1 aliphatic carbocycles. The molecule has 1 aromatic rings. The van der Waals surface area contributed by atoms with E-state index in [0.29, 0.717) is 23.3 Å². The van der Waals surface area contributed by atoms with E-state index in [1.807, 2.05) is 6.92 Å². The lowest BCUT2D eigenvalue weighted by Gasteiger charge is -2.37. The van der Waals surface area contributed by atoms with E-state index in [0.717, 1.165) is 25.5 Å². The molecule has 0 aliphatic heterocycles. The third-order valence-corrected chi connectivity index (χ3v) is 4.77.